The number of anilines is 3. The van der Waals surface area contributed by atoms with E-state index in [0.29, 0.717) is 11.8 Å². The Morgan fingerprint density at radius 2 is 1.34 bits per heavy atom. The Balaban J connectivity index is 1.35. The second-order valence-electron chi connectivity index (χ2n) is 10.9. The molecular weight excluding hydrogens is 422 g/mol. The lowest BCUT2D eigenvalue weighted by Gasteiger charge is -2.42. The summed E-state index contributed by atoms with van der Waals surface area (Å²) in [5.74, 6) is 1.08. The Labute approximate surface area is 206 Å². The van der Waals surface area contributed by atoms with Crippen LogP contribution in [0.25, 0.3) is 11.1 Å². The van der Waals surface area contributed by atoms with Crippen molar-refractivity contribution in [2.75, 3.05) is 4.90 Å². The van der Waals surface area contributed by atoms with Gasteiger partial charge >= 0.3 is 0 Å². The highest BCUT2D eigenvalue weighted by molar-refractivity contribution is 5.95. The SMILES string of the molecule is C1=CC2Cc3ccc4c(c3C2C=C1)N1c2ccc3c(c2Cc2cccc(c21)C4)-c1ccccc1C3. The van der Waals surface area contributed by atoms with Gasteiger partial charge in [0.05, 0.1) is 17.1 Å². The van der Waals surface area contributed by atoms with Crippen LogP contribution >= 0.6 is 0 Å². The summed E-state index contributed by atoms with van der Waals surface area (Å²) in [6.07, 6.45) is 13.6. The number of benzene rings is 4. The van der Waals surface area contributed by atoms with E-state index in [-0.39, 0.29) is 0 Å². The normalized spacial score (nSPS) is 21.0. The van der Waals surface area contributed by atoms with Crippen molar-refractivity contribution in [1.29, 1.82) is 0 Å². The molecule has 1 heteroatoms. The second-order valence-corrected chi connectivity index (χ2v) is 10.9. The number of para-hydroxylation sites is 1. The van der Waals surface area contributed by atoms with Gasteiger partial charge in [0.15, 0.2) is 0 Å². The minimum atomic E-state index is 0.485. The smallest absolute Gasteiger partial charge is 0.0538 e. The van der Waals surface area contributed by atoms with Gasteiger partial charge in [-0.25, -0.2) is 0 Å². The lowest BCUT2D eigenvalue weighted by Crippen LogP contribution is -2.26. The average molecular weight is 448 g/mol. The lowest BCUT2D eigenvalue weighted by molar-refractivity contribution is 0.630. The van der Waals surface area contributed by atoms with Gasteiger partial charge in [-0.15, -0.1) is 0 Å². The van der Waals surface area contributed by atoms with Gasteiger partial charge in [-0.1, -0.05) is 85.0 Å². The van der Waals surface area contributed by atoms with Gasteiger partial charge in [0, 0.05) is 18.8 Å². The number of hydrogen-bond acceptors (Lipinski definition) is 1. The predicted octanol–water partition coefficient (Wildman–Crippen LogP) is 7.92. The Bertz CT molecular complexity index is 1670. The van der Waals surface area contributed by atoms with Crippen molar-refractivity contribution in [2.45, 2.75) is 31.6 Å². The van der Waals surface area contributed by atoms with E-state index in [0.717, 1.165) is 25.7 Å². The van der Waals surface area contributed by atoms with Crippen LogP contribution in [0.3, 0.4) is 0 Å². The zero-order valence-electron chi connectivity index (χ0n) is 19.6. The third-order valence-electron chi connectivity index (χ3n) is 9.11. The molecule has 0 saturated heterocycles. The molecule has 2 atom stereocenters. The van der Waals surface area contributed by atoms with E-state index in [9.17, 15) is 0 Å². The maximum atomic E-state index is 2.68. The molecule has 0 spiro atoms. The topological polar surface area (TPSA) is 3.24 Å². The van der Waals surface area contributed by atoms with E-state index in [1.165, 1.54) is 67.1 Å². The zero-order valence-corrected chi connectivity index (χ0v) is 19.6. The number of allylic oxidation sites excluding steroid dienone is 4. The van der Waals surface area contributed by atoms with Gasteiger partial charge in [-0.2, -0.15) is 0 Å². The molecule has 3 aliphatic carbocycles. The molecule has 2 unspecified atom stereocenters. The minimum absolute atomic E-state index is 0.485. The summed E-state index contributed by atoms with van der Waals surface area (Å²) in [5, 5.41) is 0. The van der Waals surface area contributed by atoms with Crippen LogP contribution in [0, 0.1) is 5.92 Å². The maximum Gasteiger partial charge on any atom is 0.0538 e. The van der Waals surface area contributed by atoms with Crippen molar-refractivity contribution >= 4 is 17.1 Å². The third-order valence-corrected chi connectivity index (χ3v) is 9.11. The summed E-state index contributed by atoms with van der Waals surface area (Å²) in [4.78, 5) is 2.68. The summed E-state index contributed by atoms with van der Waals surface area (Å²) >= 11 is 0. The summed E-state index contributed by atoms with van der Waals surface area (Å²) in [6.45, 7) is 0. The van der Waals surface area contributed by atoms with Crippen LogP contribution in [0.2, 0.25) is 0 Å². The molecule has 0 saturated carbocycles. The number of rotatable bonds is 0. The van der Waals surface area contributed by atoms with Gasteiger partial charge in [0.2, 0.25) is 0 Å². The quantitative estimate of drug-likeness (QED) is 0.228. The molecule has 9 rings (SSSR count). The van der Waals surface area contributed by atoms with Gasteiger partial charge < -0.3 is 4.90 Å². The van der Waals surface area contributed by atoms with Gasteiger partial charge in [-0.05, 0) is 80.5 Å². The van der Waals surface area contributed by atoms with Crippen LogP contribution in [0.4, 0.5) is 17.1 Å². The first-order chi connectivity index (χ1) is 17.3. The van der Waals surface area contributed by atoms with Crippen LogP contribution in [-0.2, 0) is 25.7 Å². The summed E-state index contributed by atoms with van der Waals surface area (Å²) in [7, 11) is 0. The molecular formula is C34H25N. The largest absolute Gasteiger partial charge is 0.309 e. The molecule has 166 valence electrons. The lowest BCUT2D eigenvalue weighted by atomic mass is 9.81. The van der Waals surface area contributed by atoms with Crippen molar-refractivity contribution in [3.8, 4) is 11.1 Å². The number of nitrogens with zero attached hydrogens (tertiary/aromatic N) is 1. The Kier molecular flexibility index (Phi) is 3.39. The number of fused-ring (bicyclic) bond motifs is 12. The monoisotopic (exact) mass is 447 g/mol. The van der Waals surface area contributed by atoms with Crippen molar-refractivity contribution in [3.05, 3.63) is 136 Å². The third kappa shape index (κ3) is 2.29. The Hall–Kier alpha value is -3.84. The van der Waals surface area contributed by atoms with Crippen LogP contribution < -0.4 is 4.90 Å². The van der Waals surface area contributed by atoms with Crippen LogP contribution in [0.5, 0.6) is 0 Å². The molecule has 0 amide bonds. The minimum Gasteiger partial charge on any atom is -0.309 e. The molecule has 0 N–H and O–H groups in total. The standard InChI is InChI=1S/C34H25N/c1-3-10-27-20(6-1)16-22-14-15-30-29(31(22)27)19-25-9-5-8-24-18-26-13-12-23-17-21-7-2-4-11-28(21)32(23)34(26)35(30)33(24)25/h1-15,21,28H,16-19H2. The Morgan fingerprint density at radius 3 is 2.31 bits per heavy atom. The maximum absolute atomic E-state index is 2.68. The van der Waals surface area contributed by atoms with E-state index in [1.807, 2.05) is 0 Å². The van der Waals surface area contributed by atoms with Crippen LogP contribution in [0.1, 0.15) is 50.4 Å². The van der Waals surface area contributed by atoms with Gasteiger partial charge in [0.1, 0.15) is 0 Å². The van der Waals surface area contributed by atoms with Gasteiger partial charge in [0.25, 0.3) is 0 Å². The van der Waals surface area contributed by atoms with E-state index in [2.05, 4.69) is 95.9 Å². The highest BCUT2D eigenvalue weighted by Gasteiger charge is 2.40. The summed E-state index contributed by atoms with van der Waals surface area (Å²) < 4.78 is 0. The summed E-state index contributed by atoms with van der Waals surface area (Å²) in [5.41, 5.74) is 19.3. The Morgan fingerprint density at radius 1 is 0.600 bits per heavy atom. The highest BCUT2D eigenvalue weighted by atomic mass is 15.2. The fourth-order valence-corrected chi connectivity index (χ4v) is 7.71. The number of hydrogen-bond donors (Lipinski definition) is 0. The van der Waals surface area contributed by atoms with Crippen LogP contribution in [0.15, 0.2) is 91.0 Å². The molecule has 2 heterocycles. The molecule has 0 radical (unpaired) electrons. The van der Waals surface area contributed by atoms with Crippen molar-refractivity contribution in [3.63, 3.8) is 0 Å². The van der Waals surface area contributed by atoms with Gasteiger partial charge in [-0.3, -0.25) is 0 Å². The fourth-order valence-electron chi connectivity index (χ4n) is 7.71. The van der Waals surface area contributed by atoms with Crippen LogP contribution in [-0.4, -0.2) is 0 Å². The molecule has 0 aromatic heterocycles. The highest BCUT2D eigenvalue weighted by Crippen LogP contribution is 2.58. The molecule has 0 bridgehead atoms. The van der Waals surface area contributed by atoms with E-state index >= 15 is 0 Å². The first-order valence-corrected chi connectivity index (χ1v) is 13.0. The van der Waals surface area contributed by atoms with Crippen molar-refractivity contribution < 1.29 is 0 Å². The summed E-state index contributed by atoms with van der Waals surface area (Å²) in [6, 6.07) is 25.7. The van der Waals surface area contributed by atoms with Crippen molar-refractivity contribution in [2.24, 2.45) is 5.92 Å². The fraction of sp³-hybridized carbons (Fsp3) is 0.176. The van der Waals surface area contributed by atoms with E-state index < -0.39 is 0 Å². The molecule has 2 aliphatic heterocycles. The molecule has 4 aromatic carbocycles. The first-order valence-electron chi connectivity index (χ1n) is 13.0. The molecule has 1 nitrogen and oxygen atoms in total. The van der Waals surface area contributed by atoms with E-state index in [1.54, 1.807) is 5.56 Å². The average Bonchev–Trinajstić information content (AvgIpc) is 3.47. The zero-order chi connectivity index (χ0) is 22.7. The second kappa shape index (κ2) is 6.43. The molecule has 0 fully saturated rings. The van der Waals surface area contributed by atoms with E-state index in [4.69, 9.17) is 0 Å². The molecule has 4 aromatic rings. The first kappa shape index (κ1) is 18.5. The molecule has 35 heavy (non-hydrogen) atoms. The predicted molar refractivity (Wildman–Crippen MR) is 143 cm³/mol. The molecule has 5 aliphatic rings. The van der Waals surface area contributed by atoms with Crippen molar-refractivity contribution in [1.82, 2.24) is 0 Å².